The monoisotopic (exact) mass is 338 g/mol. The fourth-order valence-electron chi connectivity index (χ4n) is 2.21. The van der Waals surface area contributed by atoms with Gasteiger partial charge in [0.2, 0.25) is 0 Å². The van der Waals surface area contributed by atoms with E-state index in [0.29, 0.717) is 5.75 Å². The van der Waals surface area contributed by atoms with E-state index < -0.39 is 15.8 Å². The molecule has 0 saturated heterocycles. The first-order valence-corrected chi connectivity index (χ1v) is 8.78. The predicted molar refractivity (Wildman–Crippen MR) is 92.4 cm³/mol. The molecule has 0 amide bonds. The van der Waals surface area contributed by atoms with Crippen molar-refractivity contribution in [3.8, 4) is 5.75 Å². The second-order valence-corrected chi connectivity index (χ2v) is 6.92. The molecule has 0 N–H and O–H groups in total. The molecule has 120 valence electrons. The summed E-state index contributed by atoms with van der Waals surface area (Å²) in [6.45, 7) is 0. The van der Waals surface area contributed by atoms with E-state index in [4.69, 9.17) is 4.74 Å². The average Bonchev–Trinajstić information content (AvgIpc) is 2.61. The number of sulfone groups is 1. The van der Waals surface area contributed by atoms with Gasteiger partial charge in [0.1, 0.15) is 5.75 Å². The van der Waals surface area contributed by atoms with E-state index in [2.05, 4.69) is 0 Å². The molecule has 0 bridgehead atoms. The van der Waals surface area contributed by atoms with Crippen molar-refractivity contribution in [3.05, 3.63) is 84.3 Å². The Labute approximate surface area is 139 Å². The summed E-state index contributed by atoms with van der Waals surface area (Å²) in [5, 5.41) is 2.81. The van der Waals surface area contributed by atoms with E-state index in [0.717, 1.165) is 22.3 Å². The van der Waals surface area contributed by atoms with Crippen LogP contribution in [0.4, 0.5) is 0 Å². The highest BCUT2D eigenvalue weighted by molar-refractivity contribution is 7.94. The zero-order valence-corrected chi connectivity index (χ0v) is 13.4. The highest BCUT2D eigenvalue weighted by Gasteiger charge is 2.10. The van der Waals surface area contributed by atoms with Crippen LogP contribution in [0.25, 0.3) is 10.8 Å². The van der Waals surface area contributed by atoms with Gasteiger partial charge in [0.25, 0.3) is 0 Å². The van der Waals surface area contributed by atoms with Crippen LogP contribution in [0.2, 0.25) is 0 Å². The highest BCUT2D eigenvalue weighted by atomic mass is 32.2. The van der Waals surface area contributed by atoms with Gasteiger partial charge in [-0.05, 0) is 35.0 Å². The Balaban J connectivity index is 1.75. The van der Waals surface area contributed by atoms with Crippen LogP contribution in [0.1, 0.15) is 0 Å². The lowest BCUT2D eigenvalue weighted by molar-refractivity contribution is -0.128. The van der Waals surface area contributed by atoms with Crippen LogP contribution in [-0.2, 0) is 14.6 Å². The van der Waals surface area contributed by atoms with E-state index >= 15 is 0 Å². The van der Waals surface area contributed by atoms with Crippen molar-refractivity contribution in [2.45, 2.75) is 4.90 Å². The fourth-order valence-corrected chi connectivity index (χ4v) is 3.20. The zero-order valence-electron chi connectivity index (χ0n) is 12.6. The van der Waals surface area contributed by atoms with Crippen molar-refractivity contribution in [2.24, 2.45) is 0 Å². The van der Waals surface area contributed by atoms with Gasteiger partial charge in [0, 0.05) is 11.5 Å². The maximum Gasteiger partial charge on any atom is 0.336 e. The lowest BCUT2D eigenvalue weighted by atomic mass is 10.1. The van der Waals surface area contributed by atoms with Crippen LogP contribution in [0.15, 0.2) is 89.2 Å². The second kappa shape index (κ2) is 6.68. The van der Waals surface area contributed by atoms with Gasteiger partial charge in [-0.25, -0.2) is 13.2 Å². The molecule has 0 aliphatic heterocycles. The van der Waals surface area contributed by atoms with Crippen LogP contribution in [0.3, 0.4) is 0 Å². The molecule has 0 atom stereocenters. The smallest absolute Gasteiger partial charge is 0.336 e. The quantitative estimate of drug-likeness (QED) is 0.413. The third-order valence-corrected chi connectivity index (χ3v) is 4.82. The van der Waals surface area contributed by atoms with Crippen LogP contribution in [-0.4, -0.2) is 14.4 Å². The maximum absolute atomic E-state index is 12.1. The first kappa shape index (κ1) is 16.0. The molecule has 3 aromatic carbocycles. The van der Waals surface area contributed by atoms with E-state index in [-0.39, 0.29) is 4.90 Å². The summed E-state index contributed by atoms with van der Waals surface area (Å²) in [6, 6.07) is 20.8. The molecular weight excluding hydrogens is 324 g/mol. The van der Waals surface area contributed by atoms with Crippen LogP contribution in [0, 0.1) is 0 Å². The average molecular weight is 338 g/mol. The number of hydrogen-bond donors (Lipinski definition) is 0. The molecule has 24 heavy (non-hydrogen) atoms. The molecule has 0 spiro atoms. The topological polar surface area (TPSA) is 60.4 Å². The van der Waals surface area contributed by atoms with Gasteiger partial charge in [0.05, 0.1) is 4.90 Å². The minimum Gasteiger partial charge on any atom is -0.423 e. The highest BCUT2D eigenvalue weighted by Crippen LogP contribution is 2.20. The number of rotatable bonds is 4. The number of ether oxygens (including phenoxy) is 1. The van der Waals surface area contributed by atoms with Crippen LogP contribution in [0.5, 0.6) is 5.75 Å². The summed E-state index contributed by atoms with van der Waals surface area (Å²) >= 11 is 0. The molecule has 0 aliphatic carbocycles. The maximum atomic E-state index is 12.1. The molecule has 0 unspecified atom stereocenters. The first-order chi connectivity index (χ1) is 11.5. The summed E-state index contributed by atoms with van der Waals surface area (Å²) in [5.41, 5.74) is 0. The molecule has 0 aliphatic rings. The summed E-state index contributed by atoms with van der Waals surface area (Å²) < 4.78 is 29.3. The summed E-state index contributed by atoms with van der Waals surface area (Å²) in [4.78, 5) is 12.0. The largest absolute Gasteiger partial charge is 0.423 e. The van der Waals surface area contributed by atoms with Crippen molar-refractivity contribution >= 4 is 26.6 Å². The van der Waals surface area contributed by atoms with Gasteiger partial charge >= 0.3 is 5.97 Å². The van der Waals surface area contributed by atoms with Crippen molar-refractivity contribution in [3.63, 3.8) is 0 Å². The molecule has 0 fully saturated rings. The third kappa shape index (κ3) is 3.70. The van der Waals surface area contributed by atoms with Crippen LogP contribution < -0.4 is 4.74 Å². The van der Waals surface area contributed by atoms with Gasteiger partial charge in [-0.3, -0.25) is 0 Å². The molecule has 4 nitrogen and oxygen atoms in total. The summed E-state index contributed by atoms with van der Waals surface area (Å²) in [6.07, 6.45) is 0.914. The normalized spacial score (nSPS) is 11.7. The number of fused-ring (bicyclic) bond motifs is 1. The van der Waals surface area contributed by atoms with E-state index in [1.54, 1.807) is 30.3 Å². The minimum atomic E-state index is -3.66. The van der Waals surface area contributed by atoms with E-state index in [1.807, 2.05) is 30.3 Å². The lowest BCUT2D eigenvalue weighted by Gasteiger charge is -2.03. The summed E-state index contributed by atoms with van der Waals surface area (Å²) in [7, 11) is -3.66. The Morgan fingerprint density at radius 1 is 0.833 bits per heavy atom. The number of hydrogen-bond acceptors (Lipinski definition) is 4. The SMILES string of the molecule is O=C(C=CS(=O)(=O)c1ccccc1)Oc1ccc2ccccc2c1. The van der Waals surface area contributed by atoms with Gasteiger partial charge in [0.15, 0.2) is 9.84 Å². The van der Waals surface area contributed by atoms with Crippen LogP contribution >= 0.6 is 0 Å². The van der Waals surface area contributed by atoms with Crippen molar-refractivity contribution < 1.29 is 17.9 Å². The van der Waals surface area contributed by atoms with Crippen molar-refractivity contribution in [1.29, 1.82) is 0 Å². The van der Waals surface area contributed by atoms with Gasteiger partial charge in [-0.2, -0.15) is 0 Å². The Kier molecular flexibility index (Phi) is 4.44. The zero-order chi connectivity index (χ0) is 17.0. The third-order valence-electron chi connectivity index (χ3n) is 3.39. The molecule has 0 radical (unpaired) electrons. The van der Waals surface area contributed by atoms with Crippen molar-refractivity contribution in [2.75, 3.05) is 0 Å². The molecule has 0 saturated carbocycles. The lowest BCUT2D eigenvalue weighted by Crippen LogP contribution is -2.05. The predicted octanol–water partition coefficient (Wildman–Crippen LogP) is 3.73. The van der Waals surface area contributed by atoms with E-state index in [1.165, 1.54) is 12.1 Å². The van der Waals surface area contributed by atoms with E-state index in [9.17, 15) is 13.2 Å². The number of esters is 1. The molecule has 3 rings (SSSR count). The first-order valence-electron chi connectivity index (χ1n) is 7.23. The molecule has 3 aromatic rings. The number of carbonyl (C=O) groups is 1. The fraction of sp³-hybridized carbons (Fsp3) is 0. The molecule has 0 heterocycles. The number of carbonyl (C=O) groups excluding carboxylic acids is 1. The van der Waals surface area contributed by atoms with Gasteiger partial charge < -0.3 is 4.74 Å². The summed E-state index contributed by atoms with van der Waals surface area (Å²) in [5.74, 6) is -0.384. The standard InChI is InChI=1S/C19H14O4S/c20-19(12-13-24(21,22)18-8-2-1-3-9-18)23-17-11-10-15-6-4-5-7-16(15)14-17/h1-14H. The van der Waals surface area contributed by atoms with Gasteiger partial charge in [-0.15, -0.1) is 0 Å². The molecule has 0 aromatic heterocycles. The second-order valence-electron chi connectivity index (χ2n) is 5.09. The number of benzene rings is 3. The Morgan fingerprint density at radius 2 is 1.50 bits per heavy atom. The van der Waals surface area contributed by atoms with Gasteiger partial charge in [-0.1, -0.05) is 48.5 Å². The minimum absolute atomic E-state index is 0.125. The Hall–Kier alpha value is -2.92. The Bertz CT molecular complexity index is 1010. The Morgan fingerprint density at radius 3 is 2.25 bits per heavy atom. The molecule has 5 heteroatoms. The molecular formula is C19H14O4S. The van der Waals surface area contributed by atoms with Crippen molar-refractivity contribution in [1.82, 2.24) is 0 Å².